The van der Waals surface area contributed by atoms with E-state index >= 15 is 0 Å². The zero-order chi connectivity index (χ0) is 12.3. The predicted molar refractivity (Wildman–Crippen MR) is 57.9 cm³/mol. The third-order valence-corrected chi connectivity index (χ3v) is 2.63. The summed E-state index contributed by atoms with van der Waals surface area (Å²) in [6.07, 6.45) is -2.85. The highest BCUT2D eigenvalue weighted by Gasteiger charge is 2.17. The van der Waals surface area contributed by atoms with E-state index < -0.39 is 12.4 Å². The first kappa shape index (κ1) is 13.0. The van der Waals surface area contributed by atoms with Crippen LogP contribution in [0.25, 0.3) is 0 Å². The van der Waals surface area contributed by atoms with Gasteiger partial charge in [0.2, 0.25) is 0 Å². The Morgan fingerprint density at radius 3 is 2.69 bits per heavy atom. The summed E-state index contributed by atoms with van der Waals surface area (Å²) in [7, 11) is 0. The van der Waals surface area contributed by atoms with E-state index in [1.165, 1.54) is 13.0 Å². The Labute approximate surface area is 99.6 Å². The number of hydrogen-bond donors (Lipinski definition) is 1. The van der Waals surface area contributed by atoms with Crippen LogP contribution in [-0.4, -0.2) is 16.1 Å². The number of pyridine rings is 1. The molecule has 0 aliphatic heterocycles. The van der Waals surface area contributed by atoms with Crippen LogP contribution < -0.4 is 0 Å². The fourth-order valence-corrected chi connectivity index (χ4v) is 1.86. The van der Waals surface area contributed by atoms with Crippen molar-refractivity contribution in [2.45, 2.75) is 25.1 Å². The van der Waals surface area contributed by atoms with Gasteiger partial charge in [-0.2, -0.15) is 0 Å². The van der Waals surface area contributed by atoms with Gasteiger partial charge in [0, 0.05) is 5.33 Å². The monoisotopic (exact) mass is 293 g/mol. The quantitative estimate of drug-likeness (QED) is 0.869. The molecule has 1 aromatic rings. The normalized spacial score (nSPS) is 10.8. The molecule has 0 radical (unpaired) electrons. The average molecular weight is 294 g/mol. The number of halogens is 3. The number of aromatic nitrogens is 1. The average Bonchev–Trinajstić information content (AvgIpc) is 2.16. The molecular formula is C10H10BrF2NO2. The number of hydrogen-bond acceptors (Lipinski definition) is 2. The van der Waals surface area contributed by atoms with Crippen molar-refractivity contribution in [2.24, 2.45) is 0 Å². The van der Waals surface area contributed by atoms with Gasteiger partial charge in [-0.25, -0.2) is 8.78 Å². The summed E-state index contributed by atoms with van der Waals surface area (Å²) in [5.41, 5.74) is 0.842. The number of carboxylic acids is 1. The zero-order valence-corrected chi connectivity index (χ0v) is 10.1. The number of nitrogens with zero attached hydrogens (tertiary/aromatic N) is 1. The van der Waals surface area contributed by atoms with Crippen molar-refractivity contribution in [1.29, 1.82) is 0 Å². The standard InChI is InChI=1S/C10H10BrF2NO2/c1-5-2-6(3-8(15)16)7(4-11)14-9(5)10(12)13/h2,10H,3-4H2,1H3,(H,15,16). The van der Waals surface area contributed by atoms with Gasteiger partial charge in [0.1, 0.15) is 5.69 Å². The van der Waals surface area contributed by atoms with Gasteiger partial charge in [-0.3, -0.25) is 9.78 Å². The molecule has 1 heterocycles. The molecule has 16 heavy (non-hydrogen) atoms. The third kappa shape index (κ3) is 2.98. The number of aryl methyl sites for hydroxylation is 1. The molecular weight excluding hydrogens is 284 g/mol. The van der Waals surface area contributed by atoms with Crippen LogP contribution in [-0.2, 0) is 16.5 Å². The van der Waals surface area contributed by atoms with Crippen LogP contribution in [0, 0.1) is 6.92 Å². The molecule has 0 amide bonds. The van der Waals surface area contributed by atoms with Crippen molar-refractivity contribution in [3.63, 3.8) is 0 Å². The molecule has 1 rings (SSSR count). The van der Waals surface area contributed by atoms with Crippen LogP contribution in [0.3, 0.4) is 0 Å². The summed E-state index contributed by atoms with van der Waals surface area (Å²) in [6.45, 7) is 1.50. The topological polar surface area (TPSA) is 50.2 Å². The fourth-order valence-electron chi connectivity index (χ4n) is 1.38. The Kier molecular flexibility index (Phi) is 4.35. The highest BCUT2D eigenvalue weighted by atomic mass is 79.9. The minimum Gasteiger partial charge on any atom is -0.481 e. The van der Waals surface area contributed by atoms with E-state index in [9.17, 15) is 13.6 Å². The van der Waals surface area contributed by atoms with Crippen molar-refractivity contribution in [3.05, 3.63) is 28.6 Å². The van der Waals surface area contributed by atoms with Gasteiger partial charge in [0.25, 0.3) is 6.43 Å². The van der Waals surface area contributed by atoms with E-state index in [0.29, 0.717) is 16.8 Å². The number of rotatable bonds is 4. The van der Waals surface area contributed by atoms with Gasteiger partial charge >= 0.3 is 5.97 Å². The van der Waals surface area contributed by atoms with E-state index in [4.69, 9.17) is 5.11 Å². The van der Waals surface area contributed by atoms with Gasteiger partial charge in [-0.1, -0.05) is 22.0 Å². The van der Waals surface area contributed by atoms with Crippen LogP contribution >= 0.6 is 15.9 Å². The van der Waals surface area contributed by atoms with E-state index in [0.717, 1.165) is 0 Å². The van der Waals surface area contributed by atoms with Crippen molar-refractivity contribution in [3.8, 4) is 0 Å². The van der Waals surface area contributed by atoms with Gasteiger partial charge in [0.05, 0.1) is 12.1 Å². The third-order valence-electron chi connectivity index (χ3n) is 2.10. The van der Waals surface area contributed by atoms with Crippen molar-refractivity contribution in [1.82, 2.24) is 4.98 Å². The van der Waals surface area contributed by atoms with Crippen molar-refractivity contribution >= 4 is 21.9 Å². The van der Waals surface area contributed by atoms with Crippen LogP contribution in [0.1, 0.15) is 28.9 Å². The number of carbonyl (C=O) groups is 1. The molecule has 0 fully saturated rings. The summed E-state index contributed by atoms with van der Waals surface area (Å²) < 4.78 is 25.1. The predicted octanol–water partition coefficient (Wildman–Crippen LogP) is 2.85. The Bertz CT molecular complexity index is 410. The van der Waals surface area contributed by atoms with Gasteiger partial charge < -0.3 is 5.11 Å². The fraction of sp³-hybridized carbons (Fsp3) is 0.400. The summed E-state index contributed by atoms with van der Waals surface area (Å²) in [6, 6.07) is 1.46. The second kappa shape index (κ2) is 5.34. The first-order valence-electron chi connectivity index (χ1n) is 4.51. The Balaban J connectivity index is 3.20. The van der Waals surface area contributed by atoms with Crippen molar-refractivity contribution in [2.75, 3.05) is 0 Å². The Hall–Kier alpha value is -1.04. The summed E-state index contributed by atoms with van der Waals surface area (Å²) in [5.74, 6) is -1.01. The lowest BCUT2D eigenvalue weighted by molar-refractivity contribution is -0.136. The van der Waals surface area contributed by atoms with Crippen LogP contribution in [0.2, 0.25) is 0 Å². The first-order chi connectivity index (χ1) is 7.45. The second-order valence-corrected chi connectivity index (χ2v) is 3.86. The Morgan fingerprint density at radius 1 is 1.62 bits per heavy atom. The Morgan fingerprint density at radius 2 is 2.25 bits per heavy atom. The minimum atomic E-state index is -2.64. The van der Waals surface area contributed by atoms with Gasteiger partial charge in [-0.15, -0.1) is 0 Å². The lowest BCUT2D eigenvalue weighted by Gasteiger charge is -2.10. The van der Waals surface area contributed by atoms with E-state index in [1.807, 2.05) is 0 Å². The molecule has 0 aromatic carbocycles. The highest BCUT2D eigenvalue weighted by Crippen LogP contribution is 2.24. The maximum absolute atomic E-state index is 12.5. The summed E-state index contributed by atoms with van der Waals surface area (Å²) in [4.78, 5) is 14.4. The number of carboxylic acid groups (broad SMARTS) is 1. The molecule has 0 unspecified atom stereocenters. The van der Waals surface area contributed by atoms with Gasteiger partial charge in [-0.05, 0) is 18.1 Å². The largest absolute Gasteiger partial charge is 0.481 e. The molecule has 0 spiro atoms. The molecule has 0 saturated carbocycles. The van der Waals surface area contributed by atoms with E-state index in [-0.39, 0.29) is 17.4 Å². The molecule has 0 atom stereocenters. The van der Waals surface area contributed by atoms with E-state index in [2.05, 4.69) is 20.9 Å². The number of aliphatic carboxylic acids is 1. The molecule has 1 N–H and O–H groups in total. The smallest absolute Gasteiger partial charge is 0.307 e. The maximum atomic E-state index is 12.5. The van der Waals surface area contributed by atoms with Crippen LogP contribution in [0.4, 0.5) is 8.78 Å². The van der Waals surface area contributed by atoms with Gasteiger partial charge in [0.15, 0.2) is 0 Å². The summed E-state index contributed by atoms with van der Waals surface area (Å²) in [5, 5.41) is 8.92. The molecule has 0 saturated heterocycles. The van der Waals surface area contributed by atoms with E-state index in [1.54, 1.807) is 0 Å². The molecule has 6 heteroatoms. The number of alkyl halides is 3. The first-order valence-corrected chi connectivity index (χ1v) is 5.63. The molecule has 0 bridgehead atoms. The molecule has 1 aromatic heterocycles. The molecule has 0 aliphatic rings. The zero-order valence-electron chi connectivity index (χ0n) is 8.51. The highest BCUT2D eigenvalue weighted by molar-refractivity contribution is 9.08. The molecule has 3 nitrogen and oxygen atoms in total. The SMILES string of the molecule is Cc1cc(CC(=O)O)c(CBr)nc1C(F)F. The maximum Gasteiger partial charge on any atom is 0.307 e. The lowest BCUT2D eigenvalue weighted by atomic mass is 10.1. The molecule has 0 aliphatic carbocycles. The van der Waals surface area contributed by atoms with Crippen LogP contribution in [0.5, 0.6) is 0 Å². The van der Waals surface area contributed by atoms with Crippen LogP contribution in [0.15, 0.2) is 6.07 Å². The molecule has 88 valence electrons. The summed E-state index contributed by atoms with van der Waals surface area (Å²) >= 11 is 3.11. The lowest BCUT2D eigenvalue weighted by Crippen LogP contribution is -2.08. The minimum absolute atomic E-state index is 0.210. The second-order valence-electron chi connectivity index (χ2n) is 3.30. The van der Waals surface area contributed by atoms with Crippen molar-refractivity contribution < 1.29 is 18.7 Å².